The van der Waals surface area contributed by atoms with Crippen molar-refractivity contribution in [2.24, 2.45) is 0 Å². The first-order valence-corrected chi connectivity index (χ1v) is 18.3. The summed E-state index contributed by atoms with van der Waals surface area (Å²) < 4.78 is 5.55. The van der Waals surface area contributed by atoms with Gasteiger partial charge in [0.15, 0.2) is 0 Å². The molecule has 252 valence electrons. The maximum Gasteiger partial charge on any atom is 0.254 e. The summed E-state index contributed by atoms with van der Waals surface area (Å²) in [5.41, 5.74) is 7.31. The van der Waals surface area contributed by atoms with Crippen molar-refractivity contribution < 1.29 is 9.53 Å². The minimum Gasteiger partial charge on any atom is -0.378 e. The molecule has 2 saturated heterocycles. The van der Waals surface area contributed by atoms with Crippen LogP contribution in [-0.2, 0) is 17.7 Å². The van der Waals surface area contributed by atoms with Gasteiger partial charge in [-0.15, -0.1) is 0 Å². The van der Waals surface area contributed by atoms with Crippen LogP contribution in [0, 0.1) is 0 Å². The maximum absolute atomic E-state index is 14.2. The van der Waals surface area contributed by atoms with E-state index >= 15 is 0 Å². The van der Waals surface area contributed by atoms with Crippen LogP contribution in [0.15, 0.2) is 109 Å². The van der Waals surface area contributed by atoms with E-state index in [1.54, 1.807) is 0 Å². The molecule has 0 N–H and O–H groups in total. The van der Waals surface area contributed by atoms with Crippen LogP contribution < -0.4 is 4.90 Å². The van der Waals surface area contributed by atoms with Crippen LogP contribution in [0.5, 0.6) is 0 Å². The third-order valence-electron chi connectivity index (χ3n) is 10.3. The summed E-state index contributed by atoms with van der Waals surface area (Å²) in [6, 6.07) is 39.4. The van der Waals surface area contributed by atoms with Crippen molar-refractivity contribution in [2.45, 2.75) is 70.4 Å². The molecule has 0 unspecified atom stereocenters. The Morgan fingerprint density at radius 1 is 0.750 bits per heavy atom. The van der Waals surface area contributed by atoms with E-state index in [1.165, 1.54) is 47.2 Å². The number of carbonyl (C=O) groups is 1. The molecular formula is C43H53N3O2. The number of nitrogens with zero attached hydrogens (tertiary/aromatic N) is 3. The van der Waals surface area contributed by atoms with Crippen LogP contribution in [0.25, 0.3) is 0 Å². The van der Waals surface area contributed by atoms with Crippen molar-refractivity contribution in [2.75, 3.05) is 50.8 Å². The van der Waals surface area contributed by atoms with Gasteiger partial charge in [0.2, 0.25) is 0 Å². The van der Waals surface area contributed by atoms with Crippen molar-refractivity contribution in [3.63, 3.8) is 0 Å². The van der Waals surface area contributed by atoms with Gasteiger partial charge in [0.05, 0.1) is 13.2 Å². The number of hydrogen-bond donors (Lipinski definition) is 0. The monoisotopic (exact) mass is 643 g/mol. The van der Waals surface area contributed by atoms with Gasteiger partial charge in [0.1, 0.15) is 0 Å². The number of carbonyl (C=O) groups excluding carboxylic acids is 1. The molecule has 2 heterocycles. The lowest BCUT2D eigenvalue weighted by Crippen LogP contribution is -2.47. The van der Waals surface area contributed by atoms with Gasteiger partial charge in [0.25, 0.3) is 5.91 Å². The average Bonchev–Trinajstić information content (AvgIpc) is 3.16. The number of ether oxygens (including phenoxy) is 1. The molecule has 0 aromatic heterocycles. The highest BCUT2D eigenvalue weighted by molar-refractivity contribution is 5.94. The minimum absolute atomic E-state index is 0.152. The van der Waals surface area contributed by atoms with Gasteiger partial charge in [-0.2, -0.15) is 0 Å². The molecule has 0 aliphatic carbocycles. The zero-order valence-electron chi connectivity index (χ0n) is 28.8. The van der Waals surface area contributed by atoms with Gasteiger partial charge in [-0.25, -0.2) is 0 Å². The number of unbranched alkanes of at least 4 members (excludes halogenated alkanes) is 2. The lowest BCUT2D eigenvalue weighted by molar-refractivity contribution is 0.0548. The van der Waals surface area contributed by atoms with E-state index in [0.29, 0.717) is 12.5 Å². The van der Waals surface area contributed by atoms with Gasteiger partial charge < -0.3 is 19.4 Å². The Kier molecular flexibility index (Phi) is 12.4. The second-order valence-electron chi connectivity index (χ2n) is 13.6. The van der Waals surface area contributed by atoms with Gasteiger partial charge in [-0.05, 0) is 85.2 Å². The van der Waals surface area contributed by atoms with Gasteiger partial charge in [0, 0.05) is 55.9 Å². The van der Waals surface area contributed by atoms with E-state index in [0.717, 1.165) is 77.2 Å². The second-order valence-corrected chi connectivity index (χ2v) is 13.6. The number of morpholine rings is 1. The standard InChI is InChI=1S/C43H53N3O2/c1-2-3-6-11-35-16-20-39(21-17-35)43(47)46(34-36-18-22-40(23-19-36)45-30-32-48-33-31-45)41-24-27-44(28-25-41)29-26-42(37-12-7-4-8-13-37)38-14-9-5-10-15-38/h4-5,7-10,12-23,41-42H,2-3,6,11,24-34H2,1H3. The van der Waals surface area contributed by atoms with E-state index < -0.39 is 0 Å². The molecule has 0 bridgehead atoms. The van der Waals surface area contributed by atoms with E-state index in [2.05, 4.69) is 131 Å². The largest absolute Gasteiger partial charge is 0.378 e. The normalized spacial score (nSPS) is 15.9. The van der Waals surface area contributed by atoms with Gasteiger partial charge >= 0.3 is 0 Å². The number of aryl methyl sites for hydroxylation is 1. The van der Waals surface area contributed by atoms with Crippen molar-refractivity contribution >= 4 is 11.6 Å². The lowest BCUT2D eigenvalue weighted by Gasteiger charge is -2.39. The number of anilines is 1. The summed E-state index contributed by atoms with van der Waals surface area (Å²) in [6.07, 6.45) is 7.82. The van der Waals surface area contributed by atoms with Crippen molar-refractivity contribution in [3.05, 3.63) is 137 Å². The number of benzene rings is 4. The Morgan fingerprint density at radius 2 is 1.35 bits per heavy atom. The van der Waals surface area contributed by atoms with Crippen LogP contribution in [0.3, 0.4) is 0 Å². The molecule has 4 aromatic carbocycles. The third-order valence-corrected chi connectivity index (χ3v) is 10.3. The molecule has 0 saturated carbocycles. The first-order chi connectivity index (χ1) is 23.7. The Balaban J connectivity index is 1.13. The molecule has 48 heavy (non-hydrogen) atoms. The summed E-state index contributed by atoms with van der Waals surface area (Å²) in [5.74, 6) is 0.535. The smallest absolute Gasteiger partial charge is 0.254 e. The number of hydrogen-bond acceptors (Lipinski definition) is 4. The summed E-state index contributed by atoms with van der Waals surface area (Å²) in [7, 11) is 0. The van der Waals surface area contributed by atoms with Gasteiger partial charge in [-0.1, -0.05) is 105 Å². The van der Waals surface area contributed by atoms with E-state index in [-0.39, 0.29) is 11.9 Å². The molecular weight excluding hydrogens is 590 g/mol. The molecule has 0 radical (unpaired) electrons. The number of rotatable bonds is 14. The molecule has 2 fully saturated rings. The molecule has 0 atom stereocenters. The zero-order valence-corrected chi connectivity index (χ0v) is 28.8. The fourth-order valence-electron chi connectivity index (χ4n) is 7.42. The number of likely N-dealkylation sites (tertiary alicyclic amines) is 1. The molecule has 4 aromatic rings. The van der Waals surface area contributed by atoms with Crippen LogP contribution >= 0.6 is 0 Å². The predicted octanol–water partition coefficient (Wildman–Crippen LogP) is 8.58. The van der Waals surface area contributed by atoms with E-state index in [1.807, 2.05) is 0 Å². The summed E-state index contributed by atoms with van der Waals surface area (Å²) in [6.45, 7) is 9.35. The maximum atomic E-state index is 14.2. The van der Waals surface area contributed by atoms with Crippen molar-refractivity contribution in [3.8, 4) is 0 Å². The summed E-state index contributed by atoms with van der Waals surface area (Å²) in [5, 5.41) is 0. The molecule has 5 heteroatoms. The topological polar surface area (TPSA) is 36.0 Å². The highest BCUT2D eigenvalue weighted by Crippen LogP contribution is 2.30. The zero-order chi connectivity index (χ0) is 33.0. The minimum atomic E-state index is 0.152. The molecule has 2 aliphatic rings. The molecule has 1 amide bonds. The first kappa shape index (κ1) is 34.0. The van der Waals surface area contributed by atoms with Crippen LogP contribution in [0.1, 0.15) is 84.0 Å². The Bertz CT molecular complexity index is 1470. The lowest BCUT2D eigenvalue weighted by atomic mass is 9.88. The predicted molar refractivity (Wildman–Crippen MR) is 198 cm³/mol. The highest BCUT2D eigenvalue weighted by atomic mass is 16.5. The van der Waals surface area contributed by atoms with E-state index in [4.69, 9.17) is 4.74 Å². The Hall–Kier alpha value is -3.93. The molecule has 6 rings (SSSR count). The average molecular weight is 644 g/mol. The molecule has 0 spiro atoms. The second kappa shape index (κ2) is 17.5. The molecule has 2 aliphatic heterocycles. The SMILES string of the molecule is CCCCCc1ccc(C(=O)N(Cc2ccc(N3CCOCC3)cc2)C2CCN(CCC(c3ccccc3)c3ccccc3)CC2)cc1. The fourth-order valence-corrected chi connectivity index (χ4v) is 7.42. The fraction of sp³-hybridized carbons (Fsp3) is 0.419. The first-order valence-electron chi connectivity index (χ1n) is 18.3. The summed E-state index contributed by atoms with van der Waals surface area (Å²) in [4.78, 5) is 21.4. The van der Waals surface area contributed by atoms with Crippen LogP contribution in [0.4, 0.5) is 5.69 Å². The van der Waals surface area contributed by atoms with E-state index in [9.17, 15) is 4.79 Å². The van der Waals surface area contributed by atoms with Crippen molar-refractivity contribution in [1.82, 2.24) is 9.80 Å². The number of amides is 1. The third kappa shape index (κ3) is 9.15. The highest BCUT2D eigenvalue weighted by Gasteiger charge is 2.29. The van der Waals surface area contributed by atoms with Crippen LogP contribution in [-0.4, -0.2) is 67.7 Å². The number of piperidine rings is 1. The Labute approximate surface area is 288 Å². The Morgan fingerprint density at radius 3 is 1.96 bits per heavy atom. The van der Waals surface area contributed by atoms with Crippen LogP contribution in [0.2, 0.25) is 0 Å². The van der Waals surface area contributed by atoms with Gasteiger partial charge in [-0.3, -0.25) is 4.79 Å². The quantitative estimate of drug-likeness (QED) is 0.129. The summed E-state index contributed by atoms with van der Waals surface area (Å²) >= 11 is 0. The molecule has 5 nitrogen and oxygen atoms in total. The van der Waals surface area contributed by atoms with Crippen molar-refractivity contribution in [1.29, 1.82) is 0 Å².